The predicted octanol–water partition coefficient (Wildman–Crippen LogP) is 1.66. The highest BCUT2D eigenvalue weighted by atomic mass is 16.3. The number of hydrogen-bond donors (Lipinski definition) is 1. The lowest BCUT2D eigenvalue weighted by Gasteiger charge is -2.17. The average molecular weight is 171 g/mol. The van der Waals surface area contributed by atoms with Crippen molar-refractivity contribution in [3.05, 3.63) is 12.2 Å². The molecule has 72 valence electrons. The summed E-state index contributed by atoms with van der Waals surface area (Å²) in [5, 5.41) is 9.03. The second-order valence-electron chi connectivity index (χ2n) is 3.65. The quantitative estimate of drug-likeness (QED) is 0.614. The van der Waals surface area contributed by atoms with Gasteiger partial charge in [-0.15, -0.1) is 6.58 Å². The van der Waals surface area contributed by atoms with Crippen LogP contribution in [-0.4, -0.2) is 36.2 Å². The predicted molar refractivity (Wildman–Crippen MR) is 53.2 cm³/mol. The summed E-state index contributed by atoms with van der Waals surface area (Å²) in [5.41, 5.74) is 1.22. The average Bonchev–Trinajstić information content (AvgIpc) is 1.96. The first-order valence-electron chi connectivity index (χ1n) is 4.53. The summed E-state index contributed by atoms with van der Waals surface area (Å²) in [7, 11) is 2.07. The van der Waals surface area contributed by atoms with Gasteiger partial charge in [-0.05, 0) is 33.7 Å². The molecule has 0 saturated carbocycles. The van der Waals surface area contributed by atoms with Crippen LogP contribution >= 0.6 is 0 Å². The molecule has 1 N–H and O–H groups in total. The van der Waals surface area contributed by atoms with Crippen LogP contribution in [-0.2, 0) is 0 Å². The van der Waals surface area contributed by atoms with Crippen molar-refractivity contribution in [2.75, 3.05) is 20.1 Å². The van der Waals surface area contributed by atoms with E-state index < -0.39 is 0 Å². The van der Waals surface area contributed by atoms with Crippen molar-refractivity contribution < 1.29 is 5.11 Å². The third kappa shape index (κ3) is 7.76. The molecule has 0 radical (unpaired) electrons. The smallest absolute Gasteiger partial charge is 0.0524 e. The van der Waals surface area contributed by atoms with Gasteiger partial charge in [0, 0.05) is 13.1 Å². The summed E-state index contributed by atoms with van der Waals surface area (Å²) in [6.07, 6.45) is 1.72. The molecule has 2 nitrogen and oxygen atoms in total. The zero-order valence-electron chi connectivity index (χ0n) is 8.51. The van der Waals surface area contributed by atoms with E-state index in [1.807, 2.05) is 13.8 Å². The number of aliphatic hydroxyl groups is 1. The lowest BCUT2D eigenvalue weighted by molar-refractivity contribution is 0.165. The molecule has 0 aromatic heterocycles. The zero-order valence-corrected chi connectivity index (χ0v) is 8.51. The Morgan fingerprint density at radius 3 is 2.50 bits per heavy atom. The Balaban J connectivity index is 3.33. The van der Waals surface area contributed by atoms with Crippen molar-refractivity contribution >= 4 is 0 Å². The molecule has 0 aliphatic heterocycles. The van der Waals surface area contributed by atoms with Gasteiger partial charge < -0.3 is 10.0 Å². The van der Waals surface area contributed by atoms with Crippen LogP contribution in [0.15, 0.2) is 12.2 Å². The van der Waals surface area contributed by atoms with E-state index >= 15 is 0 Å². The highest BCUT2D eigenvalue weighted by molar-refractivity contribution is 4.88. The monoisotopic (exact) mass is 171 g/mol. The molecule has 0 amide bonds. The fourth-order valence-electron chi connectivity index (χ4n) is 0.901. The molecule has 0 saturated heterocycles. The van der Waals surface area contributed by atoms with Gasteiger partial charge in [-0.3, -0.25) is 0 Å². The molecular weight excluding hydrogens is 150 g/mol. The summed E-state index contributed by atoms with van der Waals surface area (Å²) in [6.45, 7) is 9.72. The first kappa shape index (κ1) is 11.7. The molecule has 0 aromatic rings. The van der Waals surface area contributed by atoms with Gasteiger partial charge in [0.25, 0.3) is 0 Å². The summed E-state index contributed by atoms with van der Waals surface area (Å²) in [6, 6.07) is 0. The number of rotatable bonds is 6. The van der Waals surface area contributed by atoms with Crippen molar-refractivity contribution in [2.45, 2.75) is 32.8 Å². The maximum absolute atomic E-state index is 9.03. The lowest BCUT2D eigenvalue weighted by atomic mass is 10.2. The second kappa shape index (κ2) is 6.21. The molecule has 0 spiro atoms. The summed E-state index contributed by atoms with van der Waals surface area (Å²) >= 11 is 0. The van der Waals surface area contributed by atoms with Gasteiger partial charge in [-0.1, -0.05) is 5.57 Å². The van der Waals surface area contributed by atoms with Gasteiger partial charge >= 0.3 is 0 Å². The lowest BCUT2D eigenvalue weighted by Crippen LogP contribution is -2.23. The number of nitrogens with zero attached hydrogens (tertiary/aromatic N) is 1. The van der Waals surface area contributed by atoms with Crippen LogP contribution in [0.5, 0.6) is 0 Å². The van der Waals surface area contributed by atoms with Crippen LogP contribution in [0.3, 0.4) is 0 Å². The summed E-state index contributed by atoms with van der Waals surface area (Å²) < 4.78 is 0. The number of aliphatic hydroxyl groups excluding tert-OH is 1. The Morgan fingerprint density at radius 1 is 1.50 bits per heavy atom. The fourth-order valence-corrected chi connectivity index (χ4v) is 0.901. The molecule has 0 aliphatic carbocycles. The van der Waals surface area contributed by atoms with Crippen molar-refractivity contribution in [3.63, 3.8) is 0 Å². The standard InChI is InChI=1S/C10H21NO/c1-9(2)5-7-11(4)8-6-10(3)12/h10,12H,1,5-8H2,2-4H3/t10-/m0/s1. The SMILES string of the molecule is C=C(C)CCN(C)CC[C@H](C)O. The molecule has 0 rings (SSSR count). The zero-order chi connectivity index (χ0) is 9.56. The Kier molecular flexibility index (Phi) is 6.03. The highest BCUT2D eigenvalue weighted by Gasteiger charge is 2.00. The normalized spacial score (nSPS) is 13.4. The summed E-state index contributed by atoms with van der Waals surface area (Å²) in [4.78, 5) is 2.22. The molecule has 0 bridgehead atoms. The maximum atomic E-state index is 9.03. The highest BCUT2D eigenvalue weighted by Crippen LogP contribution is 1.99. The largest absolute Gasteiger partial charge is 0.393 e. The topological polar surface area (TPSA) is 23.5 Å². The molecule has 2 heteroatoms. The van der Waals surface area contributed by atoms with Crippen LogP contribution < -0.4 is 0 Å². The van der Waals surface area contributed by atoms with E-state index in [-0.39, 0.29) is 6.10 Å². The maximum Gasteiger partial charge on any atom is 0.0524 e. The van der Waals surface area contributed by atoms with Crippen LogP contribution in [0.1, 0.15) is 26.7 Å². The van der Waals surface area contributed by atoms with Crippen molar-refractivity contribution in [1.29, 1.82) is 0 Å². The van der Waals surface area contributed by atoms with Crippen LogP contribution in [0.4, 0.5) is 0 Å². The van der Waals surface area contributed by atoms with E-state index in [2.05, 4.69) is 18.5 Å². The fraction of sp³-hybridized carbons (Fsp3) is 0.800. The van der Waals surface area contributed by atoms with Gasteiger partial charge in [0.15, 0.2) is 0 Å². The number of hydrogen-bond acceptors (Lipinski definition) is 2. The third-order valence-electron chi connectivity index (χ3n) is 1.85. The van der Waals surface area contributed by atoms with E-state index in [9.17, 15) is 0 Å². The molecular formula is C10H21NO. The van der Waals surface area contributed by atoms with E-state index in [0.29, 0.717) is 0 Å². The van der Waals surface area contributed by atoms with Gasteiger partial charge in [-0.25, -0.2) is 0 Å². The first-order valence-corrected chi connectivity index (χ1v) is 4.53. The van der Waals surface area contributed by atoms with Gasteiger partial charge in [0.05, 0.1) is 6.10 Å². The van der Waals surface area contributed by atoms with Gasteiger partial charge in [-0.2, -0.15) is 0 Å². The van der Waals surface area contributed by atoms with E-state index in [1.165, 1.54) is 5.57 Å². The van der Waals surface area contributed by atoms with Crippen LogP contribution in [0.2, 0.25) is 0 Å². The Bertz CT molecular complexity index is 132. The molecule has 1 atom stereocenters. The minimum Gasteiger partial charge on any atom is -0.393 e. The van der Waals surface area contributed by atoms with Crippen molar-refractivity contribution in [1.82, 2.24) is 4.90 Å². The van der Waals surface area contributed by atoms with Crippen LogP contribution in [0.25, 0.3) is 0 Å². The summed E-state index contributed by atoms with van der Waals surface area (Å²) in [5.74, 6) is 0. The molecule has 0 unspecified atom stereocenters. The minimum atomic E-state index is -0.183. The van der Waals surface area contributed by atoms with Crippen molar-refractivity contribution in [3.8, 4) is 0 Å². The van der Waals surface area contributed by atoms with Crippen LogP contribution in [0, 0.1) is 0 Å². The molecule has 0 heterocycles. The minimum absolute atomic E-state index is 0.183. The van der Waals surface area contributed by atoms with E-state index in [1.54, 1.807) is 0 Å². The third-order valence-corrected chi connectivity index (χ3v) is 1.85. The van der Waals surface area contributed by atoms with Crippen molar-refractivity contribution in [2.24, 2.45) is 0 Å². The molecule has 0 fully saturated rings. The van der Waals surface area contributed by atoms with E-state index in [0.717, 1.165) is 25.9 Å². The van der Waals surface area contributed by atoms with Gasteiger partial charge in [0.1, 0.15) is 0 Å². The molecule has 0 aliphatic rings. The Hall–Kier alpha value is -0.340. The van der Waals surface area contributed by atoms with Gasteiger partial charge in [0.2, 0.25) is 0 Å². The Morgan fingerprint density at radius 2 is 2.08 bits per heavy atom. The molecule has 0 aromatic carbocycles. The van der Waals surface area contributed by atoms with E-state index in [4.69, 9.17) is 5.11 Å². The second-order valence-corrected chi connectivity index (χ2v) is 3.65. The first-order chi connectivity index (χ1) is 5.52. The Labute approximate surface area is 75.9 Å². The molecule has 12 heavy (non-hydrogen) atoms.